The van der Waals surface area contributed by atoms with Gasteiger partial charge in [-0.3, -0.25) is 4.79 Å². The van der Waals surface area contributed by atoms with E-state index >= 15 is 0 Å². The molecule has 0 unspecified atom stereocenters. The third-order valence-corrected chi connectivity index (χ3v) is 3.36. The summed E-state index contributed by atoms with van der Waals surface area (Å²) in [6, 6.07) is 15.5. The van der Waals surface area contributed by atoms with Gasteiger partial charge in [0, 0.05) is 30.2 Å². The van der Waals surface area contributed by atoms with Crippen LogP contribution in [-0.4, -0.2) is 12.5 Å². The molecule has 0 radical (unpaired) electrons. The quantitative estimate of drug-likeness (QED) is 0.798. The van der Waals surface area contributed by atoms with Crippen LogP contribution in [0.3, 0.4) is 0 Å². The largest absolute Gasteiger partial charge is 0.326 e. The summed E-state index contributed by atoms with van der Waals surface area (Å²) >= 11 is 5.83. The van der Waals surface area contributed by atoms with Gasteiger partial charge in [-0.15, -0.1) is 0 Å². The zero-order chi connectivity index (χ0) is 15.1. The van der Waals surface area contributed by atoms with Crippen LogP contribution in [0.1, 0.15) is 17.5 Å². The van der Waals surface area contributed by atoms with E-state index in [2.05, 4.69) is 10.6 Å². The van der Waals surface area contributed by atoms with Gasteiger partial charge in [0.05, 0.1) is 0 Å². The summed E-state index contributed by atoms with van der Waals surface area (Å²) in [5, 5.41) is 6.85. The number of benzene rings is 2. The Morgan fingerprint density at radius 2 is 1.71 bits per heavy atom. The van der Waals surface area contributed by atoms with Crippen LogP contribution >= 0.6 is 11.6 Å². The monoisotopic (exact) mass is 302 g/mol. The second-order valence-electron chi connectivity index (χ2n) is 4.97. The van der Waals surface area contributed by atoms with E-state index < -0.39 is 0 Å². The summed E-state index contributed by atoms with van der Waals surface area (Å²) < 4.78 is 0. The molecule has 0 fully saturated rings. The Labute approximate surface area is 130 Å². The van der Waals surface area contributed by atoms with E-state index in [1.807, 2.05) is 55.5 Å². The SMILES string of the molecule is Cc1ccc(NC(=O)CCNCc2ccc(Cl)cc2)cc1. The maximum Gasteiger partial charge on any atom is 0.225 e. The van der Waals surface area contributed by atoms with Crippen LogP contribution in [-0.2, 0) is 11.3 Å². The minimum atomic E-state index is 0.0162. The molecule has 0 spiro atoms. The molecule has 1 amide bonds. The van der Waals surface area contributed by atoms with E-state index in [0.717, 1.165) is 22.8 Å². The number of nitrogens with one attached hydrogen (secondary N) is 2. The zero-order valence-electron chi connectivity index (χ0n) is 12.0. The molecule has 3 nitrogen and oxygen atoms in total. The Morgan fingerprint density at radius 1 is 1.05 bits per heavy atom. The number of hydrogen-bond acceptors (Lipinski definition) is 2. The molecule has 0 saturated carbocycles. The van der Waals surface area contributed by atoms with Crippen LogP contribution in [0.4, 0.5) is 5.69 Å². The molecule has 0 aliphatic rings. The minimum Gasteiger partial charge on any atom is -0.326 e. The maximum atomic E-state index is 11.8. The smallest absolute Gasteiger partial charge is 0.225 e. The number of halogens is 1. The number of anilines is 1. The lowest BCUT2D eigenvalue weighted by Gasteiger charge is -2.07. The number of amides is 1. The first-order chi connectivity index (χ1) is 10.1. The summed E-state index contributed by atoms with van der Waals surface area (Å²) in [4.78, 5) is 11.8. The number of aryl methyl sites for hydroxylation is 1. The standard InChI is InChI=1S/C17H19ClN2O/c1-13-2-8-16(9-3-13)20-17(21)10-11-19-12-14-4-6-15(18)7-5-14/h2-9,19H,10-12H2,1H3,(H,20,21). The van der Waals surface area contributed by atoms with Gasteiger partial charge >= 0.3 is 0 Å². The molecule has 0 aromatic heterocycles. The third kappa shape index (κ3) is 5.58. The average molecular weight is 303 g/mol. The maximum absolute atomic E-state index is 11.8. The van der Waals surface area contributed by atoms with Crippen molar-refractivity contribution < 1.29 is 4.79 Å². The first kappa shape index (κ1) is 15.5. The van der Waals surface area contributed by atoms with Crippen LogP contribution < -0.4 is 10.6 Å². The second kappa shape index (κ2) is 7.81. The van der Waals surface area contributed by atoms with E-state index in [0.29, 0.717) is 13.0 Å². The first-order valence-corrected chi connectivity index (χ1v) is 7.33. The molecule has 0 bridgehead atoms. The lowest BCUT2D eigenvalue weighted by molar-refractivity contribution is -0.116. The average Bonchev–Trinajstić information content (AvgIpc) is 2.48. The molecule has 0 heterocycles. The van der Waals surface area contributed by atoms with Crippen molar-refractivity contribution in [2.45, 2.75) is 19.9 Å². The number of hydrogen-bond donors (Lipinski definition) is 2. The highest BCUT2D eigenvalue weighted by atomic mass is 35.5. The van der Waals surface area contributed by atoms with Crippen molar-refractivity contribution in [1.29, 1.82) is 0 Å². The van der Waals surface area contributed by atoms with Crippen molar-refractivity contribution >= 4 is 23.2 Å². The Balaban J connectivity index is 1.67. The highest BCUT2D eigenvalue weighted by Crippen LogP contribution is 2.10. The summed E-state index contributed by atoms with van der Waals surface area (Å²) in [7, 11) is 0. The van der Waals surface area contributed by atoms with E-state index in [9.17, 15) is 4.79 Å². The summed E-state index contributed by atoms with van der Waals surface area (Å²) in [5.74, 6) is 0.0162. The van der Waals surface area contributed by atoms with Gasteiger partial charge in [0.1, 0.15) is 0 Å². The van der Waals surface area contributed by atoms with Gasteiger partial charge in [0.25, 0.3) is 0 Å². The van der Waals surface area contributed by atoms with Crippen molar-refractivity contribution in [3.63, 3.8) is 0 Å². The summed E-state index contributed by atoms with van der Waals surface area (Å²) in [5.41, 5.74) is 3.17. The van der Waals surface area contributed by atoms with Gasteiger partial charge in [0.15, 0.2) is 0 Å². The molecule has 0 atom stereocenters. The van der Waals surface area contributed by atoms with Crippen LogP contribution in [0.15, 0.2) is 48.5 Å². The van der Waals surface area contributed by atoms with Crippen molar-refractivity contribution in [3.8, 4) is 0 Å². The van der Waals surface area contributed by atoms with Crippen molar-refractivity contribution in [3.05, 3.63) is 64.7 Å². The van der Waals surface area contributed by atoms with Gasteiger partial charge < -0.3 is 10.6 Å². The number of carbonyl (C=O) groups is 1. The topological polar surface area (TPSA) is 41.1 Å². The van der Waals surface area contributed by atoms with Gasteiger partial charge in [-0.25, -0.2) is 0 Å². The molecule has 0 saturated heterocycles. The number of carbonyl (C=O) groups excluding carboxylic acids is 1. The Hall–Kier alpha value is -1.84. The van der Waals surface area contributed by atoms with E-state index in [1.165, 1.54) is 5.56 Å². The number of rotatable bonds is 6. The molecule has 2 aromatic rings. The lowest BCUT2D eigenvalue weighted by Crippen LogP contribution is -2.21. The van der Waals surface area contributed by atoms with Gasteiger partial charge in [-0.1, -0.05) is 41.4 Å². The molecular weight excluding hydrogens is 284 g/mol. The van der Waals surface area contributed by atoms with Crippen molar-refractivity contribution in [1.82, 2.24) is 5.32 Å². The Bertz CT molecular complexity index is 579. The fraction of sp³-hybridized carbons (Fsp3) is 0.235. The molecule has 0 aliphatic carbocycles. The highest BCUT2D eigenvalue weighted by Gasteiger charge is 2.02. The normalized spacial score (nSPS) is 10.4. The van der Waals surface area contributed by atoms with E-state index in [4.69, 9.17) is 11.6 Å². The predicted octanol–water partition coefficient (Wildman–Crippen LogP) is 3.77. The predicted molar refractivity (Wildman–Crippen MR) is 87.6 cm³/mol. The zero-order valence-corrected chi connectivity index (χ0v) is 12.8. The first-order valence-electron chi connectivity index (χ1n) is 6.95. The second-order valence-corrected chi connectivity index (χ2v) is 5.40. The van der Waals surface area contributed by atoms with E-state index in [-0.39, 0.29) is 5.91 Å². The molecule has 21 heavy (non-hydrogen) atoms. The molecule has 110 valence electrons. The van der Waals surface area contributed by atoms with Crippen molar-refractivity contribution in [2.24, 2.45) is 0 Å². The summed E-state index contributed by atoms with van der Waals surface area (Å²) in [6.07, 6.45) is 0.446. The van der Waals surface area contributed by atoms with Gasteiger partial charge in [-0.05, 0) is 36.8 Å². The van der Waals surface area contributed by atoms with Gasteiger partial charge in [0.2, 0.25) is 5.91 Å². The molecule has 2 N–H and O–H groups in total. The van der Waals surface area contributed by atoms with Crippen LogP contribution in [0, 0.1) is 6.92 Å². The summed E-state index contributed by atoms with van der Waals surface area (Å²) in [6.45, 7) is 3.39. The van der Waals surface area contributed by atoms with Crippen LogP contribution in [0.5, 0.6) is 0 Å². The fourth-order valence-corrected chi connectivity index (χ4v) is 2.02. The Morgan fingerprint density at radius 3 is 2.38 bits per heavy atom. The van der Waals surface area contributed by atoms with E-state index in [1.54, 1.807) is 0 Å². The minimum absolute atomic E-state index is 0.0162. The van der Waals surface area contributed by atoms with Gasteiger partial charge in [-0.2, -0.15) is 0 Å². The van der Waals surface area contributed by atoms with Crippen LogP contribution in [0.2, 0.25) is 5.02 Å². The molecule has 0 aliphatic heterocycles. The van der Waals surface area contributed by atoms with Crippen molar-refractivity contribution in [2.75, 3.05) is 11.9 Å². The van der Waals surface area contributed by atoms with Crippen LogP contribution in [0.25, 0.3) is 0 Å². The fourth-order valence-electron chi connectivity index (χ4n) is 1.90. The molecule has 2 rings (SSSR count). The lowest BCUT2D eigenvalue weighted by atomic mass is 10.2. The molecule has 4 heteroatoms. The third-order valence-electron chi connectivity index (χ3n) is 3.11. The molecule has 2 aromatic carbocycles. The highest BCUT2D eigenvalue weighted by molar-refractivity contribution is 6.30. The Kier molecular flexibility index (Phi) is 5.78. The molecular formula is C17H19ClN2O.